The summed E-state index contributed by atoms with van der Waals surface area (Å²) in [5.74, 6) is 0.717. The van der Waals surface area contributed by atoms with Crippen molar-refractivity contribution in [3.8, 4) is 5.75 Å². The van der Waals surface area contributed by atoms with Crippen molar-refractivity contribution in [2.45, 2.75) is 20.0 Å². The molecule has 0 spiro atoms. The van der Waals surface area contributed by atoms with Crippen LogP contribution in [0.15, 0.2) is 41.9 Å². The summed E-state index contributed by atoms with van der Waals surface area (Å²) in [6.07, 6.45) is 1.60. The molecule has 2 N–H and O–H groups in total. The predicted octanol–water partition coefficient (Wildman–Crippen LogP) is 4.98. The Labute approximate surface area is 151 Å². The average Bonchev–Trinajstić information content (AvgIpc) is 2.96. The van der Waals surface area contributed by atoms with Crippen LogP contribution in [0, 0.1) is 0 Å². The summed E-state index contributed by atoms with van der Waals surface area (Å²) in [5.41, 5.74) is 1.79. The van der Waals surface area contributed by atoms with Crippen molar-refractivity contribution >= 4 is 49.1 Å². The first-order valence-corrected chi connectivity index (χ1v) is 9.29. The largest absolute Gasteiger partial charge is 0.554 e. The number of nitrogens with one attached hydrogen (secondary N) is 1. The van der Waals surface area contributed by atoms with Crippen LogP contribution in [-0.2, 0) is 0 Å². The van der Waals surface area contributed by atoms with Gasteiger partial charge in [-0.3, -0.25) is 4.90 Å². The van der Waals surface area contributed by atoms with Gasteiger partial charge in [-0.2, -0.15) is 4.79 Å². The number of carboxylic acid groups (broad SMARTS) is 1. The Hall–Kier alpha value is -3.13. The fraction of sp³-hybridized carbons (Fsp3) is 0.167. The fourth-order valence-corrected chi connectivity index (χ4v) is 4.38. The van der Waals surface area contributed by atoms with Crippen LogP contribution < -0.4 is 15.0 Å². The summed E-state index contributed by atoms with van der Waals surface area (Å²) in [7, 11) is -1.17. The lowest BCUT2D eigenvalue weighted by atomic mass is 10.1. The van der Waals surface area contributed by atoms with Crippen LogP contribution >= 0.6 is 10.5 Å². The number of rotatable bonds is 4. The second kappa shape index (κ2) is 5.99. The number of nitrogens with zero attached hydrogens (tertiary/aromatic N) is 2. The molecule has 0 aliphatic carbocycles. The van der Waals surface area contributed by atoms with E-state index in [-0.39, 0.29) is 12.1 Å². The average molecular weight is 370 g/mol. The summed E-state index contributed by atoms with van der Waals surface area (Å²) in [4.78, 5) is 30.4. The third-order valence-electron chi connectivity index (χ3n) is 3.95. The number of thiophene rings is 1. The Morgan fingerprint density at radius 2 is 2.00 bits per heavy atom. The van der Waals surface area contributed by atoms with Crippen molar-refractivity contribution in [1.29, 1.82) is 0 Å². The van der Waals surface area contributed by atoms with Crippen molar-refractivity contribution < 1.29 is 19.4 Å². The van der Waals surface area contributed by atoms with Gasteiger partial charge in [0.25, 0.3) is 4.83 Å². The molecule has 2 aromatic heterocycles. The molecule has 0 saturated carbocycles. The lowest BCUT2D eigenvalue weighted by molar-refractivity contribution is 0.221. The summed E-state index contributed by atoms with van der Waals surface area (Å²) in [6.45, 7) is 3.89. The molecular formula is C18H16N3O4S+. The first-order chi connectivity index (χ1) is 12.5. The van der Waals surface area contributed by atoms with E-state index < -0.39 is 15.8 Å². The number of aromatic nitrogens is 1. The van der Waals surface area contributed by atoms with E-state index in [4.69, 9.17) is 4.74 Å². The fourth-order valence-electron chi connectivity index (χ4n) is 2.98. The highest BCUT2D eigenvalue weighted by molar-refractivity contribution is 7.54. The normalized spacial score (nSPS) is 13.9. The highest BCUT2D eigenvalue weighted by Crippen LogP contribution is 2.46. The summed E-state index contributed by atoms with van der Waals surface area (Å²) in [5, 5.41) is 13.5. The molecule has 132 valence electrons. The Balaban J connectivity index is 1.83. The van der Waals surface area contributed by atoms with Crippen molar-refractivity contribution in [3.05, 3.63) is 41.9 Å². The molecule has 7 nitrogen and oxygen atoms in total. The van der Waals surface area contributed by atoms with Gasteiger partial charge in [0.05, 0.1) is 17.5 Å². The number of benzene rings is 1. The molecule has 1 atom stereocenters. The van der Waals surface area contributed by atoms with Crippen molar-refractivity contribution in [1.82, 2.24) is 4.98 Å². The van der Waals surface area contributed by atoms with Gasteiger partial charge in [0.1, 0.15) is 27.3 Å². The number of urea groups is 1. The van der Waals surface area contributed by atoms with Gasteiger partial charge in [-0.25, -0.2) is 9.78 Å². The molecule has 1 aliphatic rings. The molecular weight excluding hydrogens is 354 g/mol. The molecule has 0 bridgehead atoms. The summed E-state index contributed by atoms with van der Waals surface area (Å²) in [6, 6.07) is 8.58. The number of amides is 2. The Kier molecular flexibility index (Phi) is 3.77. The molecule has 1 aliphatic heterocycles. The van der Waals surface area contributed by atoms with Gasteiger partial charge >= 0.3 is 11.3 Å². The first kappa shape index (κ1) is 16.3. The number of carbonyl (C=O) groups is 2. The highest BCUT2D eigenvalue weighted by atomic mass is 32.2. The molecule has 26 heavy (non-hydrogen) atoms. The molecule has 2 amide bonds. The molecule has 3 aromatic rings. The van der Waals surface area contributed by atoms with Gasteiger partial charge in [0.15, 0.2) is 5.38 Å². The van der Waals surface area contributed by atoms with Crippen molar-refractivity contribution in [3.63, 3.8) is 0 Å². The van der Waals surface area contributed by atoms with E-state index in [0.717, 1.165) is 0 Å². The van der Waals surface area contributed by atoms with E-state index in [2.05, 4.69) is 10.3 Å². The SMILES string of the molecule is CC(C)Oc1ccc(N2C(=O)Nc3c[s+](C(=O)O)c4nccc2c34)cc1. The highest BCUT2D eigenvalue weighted by Gasteiger charge is 2.36. The minimum atomic E-state index is -1.17. The lowest BCUT2D eigenvalue weighted by Gasteiger charge is -2.27. The van der Waals surface area contributed by atoms with Crippen LogP contribution in [0.1, 0.15) is 13.8 Å². The van der Waals surface area contributed by atoms with Gasteiger partial charge in [-0.1, -0.05) is 0 Å². The van der Waals surface area contributed by atoms with Crippen LogP contribution in [0.4, 0.5) is 26.7 Å². The molecule has 0 saturated heterocycles. The van der Waals surface area contributed by atoms with Crippen LogP contribution in [0.2, 0.25) is 0 Å². The number of anilines is 3. The topological polar surface area (TPSA) is 91.8 Å². The second-order valence-corrected chi connectivity index (χ2v) is 7.72. The number of hydrogen-bond donors (Lipinski definition) is 2. The number of pyridine rings is 1. The van der Waals surface area contributed by atoms with Gasteiger partial charge < -0.3 is 15.2 Å². The van der Waals surface area contributed by atoms with Gasteiger partial charge in [0, 0.05) is 6.20 Å². The number of carbonyl (C=O) groups excluding carboxylic acids is 1. The molecule has 8 heteroatoms. The maximum atomic E-state index is 12.7. The predicted molar refractivity (Wildman–Crippen MR) is 101 cm³/mol. The van der Waals surface area contributed by atoms with Crippen molar-refractivity contribution in [2.24, 2.45) is 0 Å². The van der Waals surface area contributed by atoms with E-state index in [1.54, 1.807) is 35.7 Å². The number of hydrogen-bond acceptors (Lipinski definition) is 4. The Bertz CT molecular complexity index is 1030. The Morgan fingerprint density at radius 1 is 1.27 bits per heavy atom. The van der Waals surface area contributed by atoms with E-state index in [1.807, 2.05) is 13.8 Å². The maximum Gasteiger partial charge on any atom is 0.554 e. The third-order valence-corrected chi connectivity index (χ3v) is 5.52. The first-order valence-electron chi connectivity index (χ1n) is 8.01. The summed E-state index contributed by atoms with van der Waals surface area (Å²) < 4.78 is 5.64. The van der Waals surface area contributed by atoms with E-state index >= 15 is 0 Å². The monoisotopic (exact) mass is 370 g/mol. The van der Waals surface area contributed by atoms with E-state index in [1.165, 1.54) is 11.1 Å². The minimum Gasteiger partial charge on any atom is -0.491 e. The van der Waals surface area contributed by atoms with E-state index in [9.17, 15) is 14.7 Å². The maximum absolute atomic E-state index is 12.7. The quantitative estimate of drug-likeness (QED) is 0.632. The zero-order valence-corrected chi connectivity index (χ0v) is 14.9. The van der Waals surface area contributed by atoms with Crippen LogP contribution in [0.5, 0.6) is 5.75 Å². The summed E-state index contributed by atoms with van der Waals surface area (Å²) >= 11 is 0. The van der Waals surface area contributed by atoms with Gasteiger partial charge in [-0.05, 0) is 44.2 Å². The zero-order chi connectivity index (χ0) is 18.4. The molecule has 1 aromatic carbocycles. The van der Waals surface area contributed by atoms with Crippen LogP contribution in [0.25, 0.3) is 10.2 Å². The third kappa shape index (κ3) is 2.55. The number of ether oxygens (including phenoxy) is 1. The molecule has 0 fully saturated rings. The minimum absolute atomic E-state index is 0.0595. The molecule has 1 unspecified atom stereocenters. The molecule has 4 rings (SSSR count). The Morgan fingerprint density at radius 3 is 2.65 bits per heavy atom. The van der Waals surface area contributed by atoms with Crippen molar-refractivity contribution in [2.75, 3.05) is 10.2 Å². The standard InChI is InChI=1S/C18H15N3O4S/c1-10(2)25-12-5-3-11(4-6-12)21-14-7-8-19-16-15(14)13(20-17(21)22)9-26(16)18(23)24/h3-10H,1-2H3,(H-,20,22,23,24)/p+1. The molecule has 0 radical (unpaired) electrons. The van der Waals surface area contributed by atoms with E-state index in [0.29, 0.717) is 33.0 Å². The van der Waals surface area contributed by atoms with Gasteiger partial charge in [-0.15, -0.1) is 0 Å². The smallest absolute Gasteiger partial charge is 0.491 e. The van der Waals surface area contributed by atoms with Crippen LogP contribution in [-0.4, -0.2) is 27.5 Å². The zero-order valence-electron chi connectivity index (χ0n) is 14.1. The second-order valence-electron chi connectivity index (χ2n) is 6.07. The van der Waals surface area contributed by atoms with Gasteiger partial charge in [0.2, 0.25) is 0 Å². The van der Waals surface area contributed by atoms with Crippen LogP contribution in [0.3, 0.4) is 0 Å². The molecule has 3 heterocycles. The lowest BCUT2D eigenvalue weighted by Crippen LogP contribution is -2.33.